The molecule has 0 aliphatic heterocycles. The quantitative estimate of drug-likeness (QED) is 0.517. The summed E-state index contributed by atoms with van der Waals surface area (Å²) >= 11 is -1.42. The topological polar surface area (TPSA) is 0 Å². The van der Waals surface area contributed by atoms with Gasteiger partial charge in [-0.1, -0.05) is 0 Å². The van der Waals surface area contributed by atoms with Crippen LogP contribution in [0, 0.1) is 0 Å². The summed E-state index contributed by atoms with van der Waals surface area (Å²) in [4.78, 5) is 0. The summed E-state index contributed by atoms with van der Waals surface area (Å²) in [6, 6.07) is 4.97. The molecular formula is C18H27Hf. The van der Waals surface area contributed by atoms with Crippen LogP contribution in [0.5, 0.6) is 0 Å². The van der Waals surface area contributed by atoms with Crippen LogP contribution in [-0.2, 0) is 21.4 Å². The van der Waals surface area contributed by atoms with Crippen molar-refractivity contribution in [2.24, 2.45) is 0 Å². The first-order valence-corrected chi connectivity index (χ1v) is 16.7. The zero-order valence-corrected chi connectivity index (χ0v) is 17.1. The molecule has 1 aliphatic carbocycles. The Hall–Kier alpha value is -0.170. The average molecular weight is 422 g/mol. The van der Waals surface area contributed by atoms with Gasteiger partial charge in [-0.2, -0.15) is 0 Å². The predicted octanol–water partition coefficient (Wildman–Crippen LogP) is 6.11. The molecule has 0 saturated heterocycles. The van der Waals surface area contributed by atoms with Crippen molar-refractivity contribution in [3.63, 3.8) is 0 Å². The molecule has 1 aromatic carbocycles. The number of fused-ring (bicyclic) bond motifs is 1. The minimum absolute atomic E-state index is 0.623. The first-order chi connectivity index (χ1) is 8.82. The van der Waals surface area contributed by atoms with E-state index in [1.807, 2.05) is 0 Å². The Balaban J connectivity index is 2.64. The molecule has 2 rings (SSSR count). The first kappa shape index (κ1) is 15.2. The van der Waals surface area contributed by atoms with E-state index in [4.69, 9.17) is 0 Å². The van der Waals surface area contributed by atoms with Gasteiger partial charge in [-0.05, 0) is 0 Å². The van der Waals surface area contributed by atoms with E-state index >= 15 is 0 Å². The van der Waals surface area contributed by atoms with E-state index in [0.717, 1.165) is 3.67 Å². The van der Waals surface area contributed by atoms with E-state index in [2.05, 4.69) is 62.2 Å². The Kier molecular flexibility index (Phi) is 4.55. The van der Waals surface area contributed by atoms with Gasteiger partial charge in [0, 0.05) is 0 Å². The second kappa shape index (κ2) is 5.68. The molecule has 1 unspecified atom stereocenters. The van der Waals surface area contributed by atoms with Gasteiger partial charge in [-0.25, -0.2) is 0 Å². The van der Waals surface area contributed by atoms with Gasteiger partial charge in [0.2, 0.25) is 0 Å². The van der Waals surface area contributed by atoms with Crippen molar-refractivity contribution in [3.05, 3.63) is 40.0 Å². The van der Waals surface area contributed by atoms with Crippen LogP contribution in [-0.4, -0.2) is 0 Å². The van der Waals surface area contributed by atoms with Crippen LogP contribution >= 0.6 is 0 Å². The molecule has 1 heteroatoms. The predicted molar refractivity (Wildman–Crippen MR) is 82.7 cm³/mol. The molecule has 0 fully saturated rings. The van der Waals surface area contributed by atoms with Crippen LogP contribution in [0.3, 0.4) is 0 Å². The van der Waals surface area contributed by atoms with Crippen LogP contribution in [0.15, 0.2) is 17.7 Å². The van der Waals surface area contributed by atoms with Crippen molar-refractivity contribution in [1.29, 1.82) is 0 Å². The summed E-state index contributed by atoms with van der Waals surface area (Å²) in [6.45, 7) is 11.6. The molecule has 0 heterocycles. The van der Waals surface area contributed by atoms with E-state index in [9.17, 15) is 0 Å². The second-order valence-electron chi connectivity index (χ2n) is 6.82. The molecule has 1 atom stereocenters. The Morgan fingerprint density at radius 1 is 1.00 bits per heavy atom. The molecule has 103 valence electrons. The summed E-state index contributed by atoms with van der Waals surface area (Å²) < 4.78 is 5.94. The molecule has 19 heavy (non-hydrogen) atoms. The normalized spacial score (nSPS) is 17.9. The Morgan fingerprint density at radius 3 is 2.11 bits per heavy atom. The fourth-order valence-corrected chi connectivity index (χ4v) is 9.93. The van der Waals surface area contributed by atoms with Crippen molar-refractivity contribution in [2.45, 2.75) is 59.5 Å². The van der Waals surface area contributed by atoms with Crippen molar-refractivity contribution in [2.75, 3.05) is 0 Å². The van der Waals surface area contributed by atoms with Gasteiger partial charge in [0.15, 0.2) is 0 Å². The SMILES string of the molecule is CC1=Cc2c(C(C)C)cc(C(C)C)cc2[CH]1[Hf]([CH3])[CH3]. The van der Waals surface area contributed by atoms with E-state index < -0.39 is 21.4 Å². The minimum atomic E-state index is -1.42. The number of allylic oxidation sites excluding steroid dienone is 1. The molecule has 0 aromatic heterocycles. The molecule has 0 saturated carbocycles. The molecular weight excluding hydrogens is 395 g/mol. The molecule has 0 spiro atoms. The molecule has 1 aromatic rings. The van der Waals surface area contributed by atoms with Crippen LogP contribution in [0.1, 0.15) is 72.4 Å². The fourth-order valence-electron chi connectivity index (χ4n) is 3.26. The van der Waals surface area contributed by atoms with Gasteiger partial charge in [0.25, 0.3) is 0 Å². The summed E-state index contributed by atoms with van der Waals surface area (Å²) in [5, 5.41) is 0. The third-order valence-corrected chi connectivity index (χ3v) is 11.2. The maximum atomic E-state index is 2.55. The molecule has 0 bridgehead atoms. The molecule has 0 amide bonds. The molecule has 1 aliphatic rings. The third kappa shape index (κ3) is 2.82. The fraction of sp³-hybridized carbons (Fsp3) is 0.556. The van der Waals surface area contributed by atoms with E-state index in [-0.39, 0.29) is 0 Å². The Morgan fingerprint density at radius 2 is 1.63 bits per heavy atom. The molecule has 0 nitrogen and oxygen atoms in total. The Labute approximate surface area is 126 Å². The van der Waals surface area contributed by atoms with Crippen LogP contribution in [0.25, 0.3) is 6.08 Å². The number of benzene rings is 1. The molecule has 0 N–H and O–H groups in total. The Bertz CT molecular complexity index is 507. The third-order valence-electron chi connectivity index (χ3n) is 4.27. The number of hydrogen-bond acceptors (Lipinski definition) is 0. The van der Waals surface area contributed by atoms with Gasteiger partial charge >= 0.3 is 127 Å². The molecule has 0 radical (unpaired) electrons. The zero-order valence-electron chi connectivity index (χ0n) is 13.5. The van der Waals surface area contributed by atoms with Gasteiger partial charge < -0.3 is 0 Å². The van der Waals surface area contributed by atoms with Crippen LogP contribution in [0.4, 0.5) is 0 Å². The summed E-state index contributed by atoms with van der Waals surface area (Å²) in [5.41, 5.74) is 7.95. The van der Waals surface area contributed by atoms with Gasteiger partial charge in [0.05, 0.1) is 0 Å². The summed E-state index contributed by atoms with van der Waals surface area (Å²) in [7, 11) is 0. The number of hydrogen-bond donors (Lipinski definition) is 0. The van der Waals surface area contributed by atoms with Crippen molar-refractivity contribution < 1.29 is 21.4 Å². The first-order valence-electron chi connectivity index (χ1n) is 7.48. The average Bonchev–Trinajstić information content (AvgIpc) is 2.62. The van der Waals surface area contributed by atoms with Crippen molar-refractivity contribution >= 4 is 6.08 Å². The van der Waals surface area contributed by atoms with Gasteiger partial charge in [-0.3, -0.25) is 0 Å². The van der Waals surface area contributed by atoms with Gasteiger partial charge in [0.1, 0.15) is 0 Å². The maximum absolute atomic E-state index is 2.55. The monoisotopic (exact) mass is 423 g/mol. The standard InChI is InChI=1S/C16H21.2CH3.Hf/c1-10(2)13-8-14-6-12(5)7-16(14)15(9-13)11(3)4;;;/h6-11H,1-5H3;2*1H3;. The van der Waals surface area contributed by atoms with Crippen molar-refractivity contribution in [3.8, 4) is 0 Å². The summed E-state index contributed by atoms with van der Waals surface area (Å²) in [5.74, 6) is 1.25. The van der Waals surface area contributed by atoms with E-state index in [1.54, 1.807) is 22.3 Å². The second-order valence-corrected chi connectivity index (χ2v) is 16.6. The van der Waals surface area contributed by atoms with Gasteiger partial charge in [-0.15, -0.1) is 0 Å². The van der Waals surface area contributed by atoms with E-state index in [0.29, 0.717) is 11.8 Å². The van der Waals surface area contributed by atoms with Crippen LogP contribution in [0.2, 0.25) is 9.36 Å². The zero-order chi connectivity index (χ0) is 14.3. The van der Waals surface area contributed by atoms with Crippen LogP contribution < -0.4 is 0 Å². The van der Waals surface area contributed by atoms with E-state index in [1.165, 1.54) is 5.56 Å². The number of rotatable bonds is 3. The summed E-state index contributed by atoms with van der Waals surface area (Å²) in [6.07, 6.45) is 2.48. The van der Waals surface area contributed by atoms with Crippen molar-refractivity contribution in [1.82, 2.24) is 0 Å².